The molecule has 144 valence electrons. The van der Waals surface area contributed by atoms with Crippen molar-refractivity contribution in [1.29, 1.82) is 0 Å². The minimum atomic E-state index is -0.126. The first-order chi connectivity index (χ1) is 13.7. The van der Waals surface area contributed by atoms with Gasteiger partial charge in [0.25, 0.3) is 5.56 Å². The van der Waals surface area contributed by atoms with Gasteiger partial charge in [0.05, 0.1) is 18.8 Å². The lowest BCUT2D eigenvalue weighted by Crippen LogP contribution is -2.34. The Morgan fingerprint density at radius 2 is 2.07 bits per heavy atom. The van der Waals surface area contributed by atoms with Crippen molar-refractivity contribution in [3.05, 3.63) is 76.5 Å². The lowest BCUT2D eigenvalue weighted by atomic mass is 9.98. The first-order valence-electron chi connectivity index (χ1n) is 9.61. The molecule has 28 heavy (non-hydrogen) atoms. The van der Waals surface area contributed by atoms with Crippen LogP contribution in [0, 0.1) is 0 Å². The molecule has 1 N–H and O–H groups in total. The van der Waals surface area contributed by atoms with E-state index >= 15 is 0 Å². The number of ether oxygens (including phenoxy) is 1. The number of aromatic amines is 1. The molecule has 4 rings (SSSR count). The van der Waals surface area contributed by atoms with Gasteiger partial charge in [0.2, 0.25) is 0 Å². The van der Waals surface area contributed by atoms with E-state index in [-0.39, 0.29) is 11.6 Å². The van der Waals surface area contributed by atoms with Crippen molar-refractivity contribution in [2.75, 3.05) is 13.7 Å². The van der Waals surface area contributed by atoms with Crippen LogP contribution in [0.25, 0.3) is 11.4 Å². The average Bonchev–Trinajstić information content (AvgIpc) is 2.75. The van der Waals surface area contributed by atoms with Crippen LogP contribution in [0.15, 0.2) is 59.7 Å². The third kappa shape index (κ3) is 4.12. The Bertz CT molecular complexity index is 970. The zero-order valence-electron chi connectivity index (χ0n) is 16.0. The summed E-state index contributed by atoms with van der Waals surface area (Å²) in [5.41, 5.74) is 2.75. The zero-order valence-corrected chi connectivity index (χ0v) is 16.0. The number of rotatable bonds is 5. The molecule has 0 bridgehead atoms. The van der Waals surface area contributed by atoms with Gasteiger partial charge in [-0.15, -0.1) is 0 Å². The smallest absolute Gasteiger partial charge is 0.251 e. The van der Waals surface area contributed by atoms with Gasteiger partial charge < -0.3 is 9.72 Å². The normalized spacial score (nSPS) is 17.4. The lowest BCUT2D eigenvalue weighted by Gasteiger charge is -2.35. The van der Waals surface area contributed by atoms with Crippen LogP contribution in [0.3, 0.4) is 0 Å². The lowest BCUT2D eigenvalue weighted by molar-refractivity contribution is 0.137. The number of aromatic nitrogens is 3. The minimum absolute atomic E-state index is 0.126. The van der Waals surface area contributed by atoms with E-state index in [4.69, 9.17) is 9.72 Å². The van der Waals surface area contributed by atoms with E-state index < -0.39 is 0 Å². The van der Waals surface area contributed by atoms with E-state index in [1.165, 1.54) is 5.56 Å². The van der Waals surface area contributed by atoms with Crippen LogP contribution in [0.2, 0.25) is 0 Å². The largest absolute Gasteiger partial charge is 0.497 e. The third-order valence-corrected chi connectivity index (χ3v) is 5.20. The molecule has 0 spiro atoms. The molecule has 6 heteroatoms. The molecule has 2 aromatic heterocycles. The summed E-state index contributed by atoms with van der Waals surface area (Å²) < 4.78 is 5.25. The number of nitrogens with zero attached hydrogens (tertiary/aromatic N) is 3. The van der Waals surface area contributed by atoms with Crippen LogP contribution < -0.4 is 10.3 Å². The predicted molar refractivity (Wildman–Crippen MR) is 108 cm³/mol. The molecule has 1 atom stereocenters. The molecule has 0 saturated carbocycles. The average molecular weight is 376 g/mol. The Morgan fingerprint density at radius 3 is 2.82 bits per heavy atom. The summed E-state index contributed by atoms with van der Waals surface area (Å²) in [6.07, 6.45) is 6.73. The number of piperidine rings is 1. The Balaban J connectivity index is 1.62. The molecule has 1 aliphatic heterocycles. The summed E-state index contributed by atoms with van der Waals surface area (Å²) in [4.78, 5) is 26.5. The van der Waals surface area contributed by atoms with Crippen LogP contribution in [0.4, 0.5) is 0 Å². The highest BCUT2D eigenvalue weighted by Gasteiger charge is 2.26. The molecular weight excluding hydrogens is 352 g/mol. The number of methoxy groups -OCH3 is 1. The number of H-pyrrole nitrogens is 1. The molecule has 0 aliphatic carbocycles. The van der Waals surface area contributed by atoms with E-state index in [1.807, 2.05) is 24.3 Å². The number of nitrogens with one attached hydrogen (secondary N) is 1. The Hall–Kier alpha value is -2.99. The van der Waals surface area contributed by atoms with Gasteiger partial charge in [-0.05, 0) is 49.2 Å². The van der Waals surface area contributed by atoms with Crippen LogP contribution in [0.1, 0.15) is 36.6 Å². The van der Waals surface area contributed by atoms with E-state index in [2.05, 4.69) is 27.0 Å². The van der Waals surface area contributed by atoms with Gasteiger partial charge in [0, 0.05) is 30.6 Å². The molecule has 0 radical (unpaired) electrons. The molecular formula is C22H24N4O2. The second kappa shape index (κ2) is 8.35. The van der Waals surface area contributed by atoms with E-state index in [1.54, 1.807) is 25.6 Å². The SMILES string of the molecule is COc1ccc(CN2CCCC[C@@H]2c2cc(=O)[nH]c(-c3cccnc3)n2)cc1. The van der Waals surface area contributed by atoms with Crippen molar-refractivity contribution in [3.8, 4) is 17.1 Å². The summed E-state index contributed by atoms with van der Waals surface area (Å²) >= 11 is 0. The van der Waals surface area contributed by atoms with E-state index in [9.17, 15) is 4.79 Å². The van der Waals surface area contributed by atoms with Crippen LogP contribution in [-0.2, 0) is 6.54 Å². The first-order valence-corrected chi connectivity index (χ1v) is 9.61. The second-order valence-corrected chi connectivity index (χ2v) is 7.09. The summed E-state index contributed by atoms with van der Waals surface area (Å²) in [6, 6.07) is 13.7. The highest BCUT2D eigenvalue weighted by molar-refractivity contribution is 5.52. The number of hydrogen-bond acceptors (Lipinski definition) is 5. The van der Waals surface area contributed by atoms with Crippen molar-refractivity contribution < 1.29 is 4.74 Å². The fourth-order valence-electron chi connectivity index (χ4n) is 3.77. The van der Waals surface area contributed by atoms with Gasteiger partial charge in [-0.1, -0.05) is 18.6 Å². The van der Waals surface area contributed by atoms with Gasteiger partial charge in [0.15, 0.2) is 0 Å². The van der Waals surface area contributed by atoms with Crippen LogP contribution in [0.5, 0.6) is 5.75 Å². The highest BCUT2D eigenvalue weighted by atomic mass is 16.5. The summed E-state index contributed by atoms with van der Waals surface area (Å²) in [6.45, 7) is 1.82. The van der Waals surface area contributed by atoms with Gasteiger partial charge in [-0.2, -0.15) is 0 Å². The van der Waals surface area contributed by atoms with Gasteiger partial charge in [-0.25, -0.2) is 4.98 Å². The maximum Gasteiger partial charge on any atom is 0.251 e. The van der Waals surface area contributed by atoms with E-state index in [0.717, 1.165) is 49.4 Å². The van der Waals surface area contributed by atoms with Crippen LogP contribution >= 0.6 is 0 Å². The molecule has 3 aromatic rings. The number of pyridine rings is 1. The van der Waals surface area contributed by atoms with Crippen molar-refractivity contribution in [1.82, 2.24) is 19.9 Å². The van der Waals surface area contributed by atoms with Crippen LogP contribution in [-0.4, -0.2) is 33.5 Å². The number of hydrogen-bond donors (Lipinski definition) is 1. The topological polar surface area (TPSA) is 71.1 Å². The van der Waals surface area contributed by atoms with Crippen molar-refractivity contribution in [2.24, 2.45) is 0 Å². The molecule has 6 nitrogen and oxygen atoms in total. The number of benzene rings is 1. The summed E-state index contributed by atoms with van der Waals surface area (Å²) in [5, 5.41) is 0. The Morgan fingerprint density at radius 1 is 1.21 bits per heavy atom. The monoisotopic (exact) mass is 376 g/mol. The standard InChI is InChI=1S/C22H24N4O2/c1-28-18-9-7-16(8-10-18)15-26-12-3-2-6-20(26)19-13-21(27)25-22(24-19)17-5-4-11-23-14-17/h4-5,7-11,13-14,20H,2-3,6,12,15H2,1H3,(H,24,25,27)/t20-/m1/s1. The van der Waals surface area contributed by atoms with Gasteiger partial charge >= 0.3 is 0 Å². The molecule has 1 saturated heterocycles. The highest BCUT2D eigenvalue weighted by Crippen LogP contribution is 2.31. The third-order valence-electron chi connectivity index (χ3n) is 5.20. The molecule has 1 fully saturated rings. The maximum absolute atomic E-state index is 12.3. The fraction of sp³-hybridized carbons (Fsp3) is 0.318. The first kappa shape index (κ1) is 18.4. The van der Waals surface area contributed by atoms with Crippen molar-refractivity contribution in [2.45, 2.75) is 31.8 Å². The van der Waals surface area contributed by atoms with Crippen molar-refractivity contribution >= 4 is 0 Å². The summed E-state index contributed by atoms with van der Waals surface area (Å²) in [5.74, 6) is 1.43. The zero-order chi connectivity index (χ0) is 19.3. The second-order valence-electron chi connectivity index (χ2n) is 7.09. The molecule has 0 unspecified atom stereocenters. The quantitative estimate of drug-likeness (QED) is 0.737. The molecule has 0 amide bonds. The molecule has 1 aliphatic rings. The Kier molecular flexibility index (Phi) is 5.48. The molecule has 3 heterocycles. The Labute approximate surface area is 164 Å². The number of likely N-dealkylation sites (tertiary alicyclic amines) is 1. The maximum atomic E-state index is 12.3. The van der Waals surface area contributed by atoms with Crippen molar-refractivity contribution in [3.63, 3.8) is 0 Å². The van der Waals surface area contributed by atoms with Gasteiger partial charge in [-0.3, -0.25) is 14.7 Å². The fourth-order valence-corrected chi connectivity index (χ4v) is 3.77. The predicted octanol–water partition coefficient (Wildman–Crippen LogP) is 3.57. The van der Waals surface area contributed by atoms with Gasteiger partial charge in [0.1, 0.15) is 11.6 Å². The summed E-state index contributed by atoms with van der Waals surface area (Å²) in [7, 11) is 1.67. The van der Waals surface area contributed by atoms with E-state index in [0.29, 0.717) is 5.82 Å². The molecule has 1 aromatic carbocycles. The minimum Gasteiger partial charge on any atom is -0.497 e.